The molecule has 1 heterocycles. The molecule has 6 heteroatoms. The summed E-state index contributed by atoms with van der Waals surface area (Å²) in [6.07, 6.45) is 0. The summed E-state index contributed by atoms with van der Waals surface area (Å²) in [7, 11) is 1.34. The zero-order valence-corrected chi connectivity index (χ0v) is 10.8. The first kappa shape index (κ1) is 13.2. The van der Waals surface area contributed by atoms with E-state index in [1.165, 1.54) is 7.11 Å². The number of aliphatic hydroxyl groups is 2. The van der Waals surface area contributed by atoms with Gasteiger partial charge in [-0.2, -0.15) is 0 Å². The van der Waals surface area contributed by atoms with Crippen LogP contribution in [0.4, 0.5) is 5.69 Å². The van der Waals surface area contributed by atoms with E-state index < -0.39 is 5.12 Å². The van der Waals surface area contributed by atoms with Crippen LogP contribution in [-0.2, 0) is 4.74 Å². The summed E-state index contributed by atoms with van der Waals surface area (Å²) in [6, 6.07) is 6.88. The smallest absolute Gasteiger partial charge is 0.337 e. The van der Waals surface area contributed by atoms with Gasteiger partial charge in [0.25, 0.3) is 0 Å². The minimum absolute atomic E-state index is 0.148. The number of methoxy groups -OCH3 is 1. The lowest BCUT2D eigenvalue weighted by Gasteiger charge is -2.36. The monoisotopic (exact) mass is 269 g/mol. The topological polar surface area (TPSA) is 70.0 Å². The lowest BCUT2D eigenvalue weighted by atomic mass is 10.2. The number of β-amino-alcohol motifs (C(OH)–C–C–N with tert-alkyl or cyclic N) is 2. The molecule has 1 saturated heterocycles. The molecular weight excluding hydrogens is 254 g/mol. The summed E-state index contributed by atoms with van der Waals surface area (Å²) in [4.78, 5) is 13.2. The Kier molecular flexibility index (Phi) is 3.79. The van der Waals surface area contributed by atoms with E-state index in [9.17, 15) is 15.0 Å². The van der Waals surface area contributed by atoms with Crippen LogP contribution in [0.15, 0.2) is 24.3 Å². The van der Waals surface area contributed by atoms with Crippen molar-refractivity contribution >= 4 is 23.4 Å². The Morgan fingerprint density at radius 2 is 2.06 bits per heavy atom. The maximum absolute atomic E-state index is 11.3. The van der Waals surface area contributed by atoms with Crippen molar-refractivity contribution < 1.29 is 19.7 Å². The largest absolute Gasteiger partial charge is 0.465 e. The van der Waals surface area contributed by atoms with E-state index in [0.29, 0.717) is 11.3 Å². The first-order valence-electron chi connectivity index (χ1n) is 5.54. The lowest BCUT2D eigenvalue weighted by Crippen LogP contribution is -2.46. The molecular formula is C12H15NO4S. The summed E-state index contributed by atoms with van der Waals surface area (Å²) in [5, 5.41) is 17.5. The maximum atomic E-state index is 11.3. The second kappa shape index (κ2) is 5.17. The van der Waals surface area contributed by atoms with Crippen LogP contribution in [0.25, 0.3) is 0 Å². The van der Waals surface area contributed by atoms with Gasteiger partial charge in [0.05, 0.1) is 19.2 Å². The summed E-state index contributed by atoms with van der Waals surface area (Å²) in [6.45, 7) is 0.889. The van der Waals surface area contributed by atoms with E-state index in [2.05, 4.69) is 4.74 Å². The highest BCUT2D eigenvalue weighted by Gasteiger charge is 2.31. The molecule has 0 unspecified atom stereocenters. The van der Waals surface area contributed by atoms with E-state index in [1.807, 2.05) is 4.90 Å². The Morgan fingerprint density at radius 3 is 2.61 bits per heavy atom. The minimum atomic E-state index is -1.71. The van der Waals surface area contributed by atoms with Crippen molar-refractivity contribution in [1.29, 1.82) is 0 Å². The van der Waals surface area contributed by atoms with Gasteiger partial charge in [0, 0.05) is 18.0 Å². The highest BCUT2D eigenvalue weighted by molar-refractivity contribution is 8.00. The summed E-state index contributed by atoms with van der Waals surface area (Å²) in [5.41, 5.74) is 1.34. The van der Waals surface area contributed by atoms with Crippen molar-refractivity contribution in [3.05, 3.63) is 29.8 Å². The van der Waals surface area contributed by atoms with Gasteiger partial charge in [-0.1, -0.05) is 11.8 Å². The Bertz CT molecular complexity index is 432. The number of carbonyl (C=O) groups is 1. The van der Waals surface area contributed by atoms with Crippen molar-refractivity contribution in [1.82, 2.24) is 0 Å². The molecule has 0 atom stereocenters. The molecule has 1 aliphatic rings. The van der Waals surface area contributed by atoms with Crippen LogP contribution in [0, 0.1) is 0 Å². The molecule has 0 saturated carbocycles. The molecule has 5 nitrogen and oxygen atoms in total. The van der Waals surface area contributed by atoms with Gasteiger partial charge in [-0.3, -0.25) is 0 Å². The molecule has 0 amide bonds. The van der Waals surface area contributed by atoms with Gasteiger partial charge >= 0.3 is 5.97 Å². The van der Waals surface area contributed by atoms with Crippen LogP contribution in [0.5, 0.6) is 0 Å². The molecule has 0 radical (unpaired) electrons. The maximum Gasteiger partial charge on any atom is 0.337 e. The first-order valence-corrected chi connectivity index (χ1v) is 6.52. The Labute approximate surface area is 109 Å². The molecule has 2 N–H and O–H groups in total. The molecule has 1 fully saturated rings. The van der Waals surface area contributed by atoms with Crippen LogP contribution in [-0.4, -0.2) is 47.3 Å². The molecule has 0 bridgehead atoms. The van der Waals surface area contributed by atoms with Crippen molar-refractivity contribution in [2.75, 3.05) is 30.9 Å². The third-order valence-corrected chi connectivity index (χ3v) is 3.72. The van der Waals surface area contributed by atoms with E-state index in [4.69, 9.17) is 0 Å². The number of benzene rings is 1. The molecule has 0 aromatic heterocycles. The molecule has 98 valence electrons. The fraction of sp³-hybridized carbons (Fsp3) is 0.417. The van der Waals surface area contributed by atoms with Gasteiger partial charge in [-0.15, -0.1) is 0 Å². The van der Waals surface area contributed by atoms with Gasteiger partial charge in [0.1, 0.15) is 0 Å². The third-order valence-electron chi connectivity index (χ3n) is 2.74. The number of rotatable bonds is 2. The number of ether oxygens (including phenoxy) is 1. The van der Waals surface area contributed by atoms with Gasteiger partial charge in [0.15, 0.2) is 0 Å². The van der Waals surface area contributed by atoms with Crippen LogP contribution in [0.3, 0.4) is 0 Å². The minimum Gasteiger partial charge on any atom is -0.465 e. The molecule has 18 heavy (non-hydrogen) atoms. The fourth-order valence-electron chi connectivity index (χ4n) is 1.84. The van der Waals surface area contributed by atoms with Crippen LogP contribution >= 0.6 is 11.8 Å². The average molecular weight is 269 g/mol. The van der Waals surface area contributed by atoms with Crippen LogP contribution in [0.1, 0.15) is 10.4 Å². The van der Waals surface area contributed by atoms with Gasteiger partial charge in [-0.25, -0.2) is 4.79 Å². The van der Waals surface area contributed by atoms with E-state index >= 15 is 0 Å². The molecule has 0 aliphatic carbocycles. The molecule has 1 aromatic carbocycles. The van der Waals surface area contributed by atoms with E-state index in [1.54, 1.807) is 24.3 Å². The normalized spacial score (nSPS) is 18.5. The average Bonchev–Trinajstić information content (AvgIpc) is 2.37. The molecule has 2 rings (SSSR count). The number of esters is 1. The van der Waals surface area contributed by atoms with Crippen LogP contribution in [0.2, 0.25) is 0 Å². The zero-order valence-electron chi connectivity index (χ0n) is 10.00. The second-order valence-electron chi connectivity index (χ2n) is 4.05. The Hall–Kier alpha value is -1.24. The highest BCUT2D eigenvalue weighted by atomic mass is 32.2. The van der Waals surface area contributed by atoms with Gasteiger partial charge < -0.3 is 19.8 Å². The zero-order chi connectivity index (χ0) is 13.2. The molecule has 1 aromatic rings. The number of carbonyl (C=O) groups excluding carboxylic acids is 1. The number of hydrogen-bond donors (Lipinski definition) is 2. The van der Waals surface area contributed by atoms with Crippen molar-refractivity contribution in [2.24, 2.45) is 0 Å². The van der Waals surface area contributed by atoms with Crippen molar-refractivity contribution in [3.8, 4) is 0 Å². The Morgan fingerprint density at radius 1 is 1.39 bits per heavy atom. The second-order valence-corrected chi connectivity index (χ2v) is 5.40. The van der Waals surface area contributed by atoms with E-state index in [0.717, 1.165) is 24.0 Å². The Balaban J connectivity index is 2.12. The van der Waals surface area contributed by atoms with Crippen LogP contribution < -0.4 is 4.90 Å². The van der Waals surface area contributed by atoms with Crippen molar-refractivity contribution in [3.63, 3.8) is 0 Å². The predicted octanol–water partition coefficient (Wildman–Crippen LogP) is 0.665. The lowest BCUT2D eigenvalue weighted by molar-refractivity contribution is -0.0698. The molecule has 0 spiro atoms. The highest BCUT2D eigenvalue weighted by Crippen LogP contribution is 2.28. The quantitative estimate of drug-likeness (QED) is 0.607. The number of nitrogens with zero attached hydrogens (tertiary/aromatic N) is 1. The summed E-state index contributed by atoms with van der Waals surface area (Å²) in [5.74, 6) is 0.264. The SMILES string of the molecule is COC(=O)c1ccc(N2CCSC(O)(O)C2)cc1. The predicted molar refractivity (Wildman–Crippen MR) is 69.6 cm³/mol. The van der Waals surface area contributed by atoms with E-state index in [-0.39, 0.29) is 12.5 Å². The summed E-state index contributed by atoms with van der Waals surface area (Å²) >= 11 is 1.13. The van der Waals surface area contributed by atoms with Gasteiger partial charge in [0.2, 0.25) is 5.12 Å². The standard InChI is InChI=1S/C12H15NO4S/c1-17-11(14)9-2-4-10(5-3-9)13-6-7-18-12(15,16)8-13/h2-5,15-16H,6-8H2,1H3. The van der Waals surface area contributed by atoms with Crippen molar-refractivity contribution in [2.45, 2.75) is 5.12 Å². The molecule has 1 aliphatic heterocycles. The number of thioether (sulfide) groups is 1. The first-order chi connectivity index (χ1) is 8.52. The summed E-state index contributed by atoms with van der Waals surface area (Å²) < 4.78 is 4.62. The third kappa shape index (κ3) is 2.95. The van der Waals surface area contributed by atoms with Gasteiger partial charge in [-0.05, 0) is 24.3 Å². The number of anilines is 1. The number of hydrogen-bond acceptors (Lipinski definition) is 6. The fourth-order valence-corrected chi connectivity index (χ4v) is 2.72.